The number of likely N-dealkylation sites (tertiary alicyclic amines) is 1. The molecular weight excluding hydrogens is 667 g/mol. The number of urea groups is 1. The highest BCUT2D eigenvalue weighted by Gasteiger charge is 2.43. The van der Waals surface area contributed by atoms with Crippen molar-refractivity contribution < 1.29 is 28.2 Å². The zero-order chi connectivity index (χ0) is 38.8. The SMILES string of the molecule is C1CCCC1.C=CCNC(=O)C(=O)C(CC1CC1)NC(=O)[C@@H]1CCCN1C(=O)C(NC(=O)NC(CC)CS(=O)C(C)(C)C)C(C)(C)C.CCCC. The van der Waals surface area contributed by atoms with Crippen LogP contribution in [0, 0.1) is 11.3 Å². The molecule has 0 aromatic heterocycles. The minimum Gasteiger partial charge on any atom is -0.346 e. The summed E-state index contributed by atoms with van der Waals surface area (Å²) in [6.07, 6.45) is 15.4. The molecule has 12 heteroatoms. The van der Waals surface area contributed by atoms with Crippen molar-refractivity contribution >= 4 is 40.3 Å². The van der Waals surface area contributed by atoms with E-state index >= 15 is 0 Å². The molecule has 0 aromatic carbocycles. The van der Waals surface area contributed by atoms with Gasteiger partial charge in [-0.2, -0.15) is 0 Å². The number of Topliss-reactive ketones (excluding diaryl/α,β-unsaturated/α-hetero) is 1. The minimum atomic E-state index is -1.16. The van der Waals surface area contributed by atoms with Crippen LogP contribution in [0.4, 0.5) is 4.79 Å². The highest BCUT2D eigenvalue weighted by atomic mass is 32.2. The lowest BCUT2D eigenvalue weighted by molar-refractivity contribution is -0.143. The van der Waals surface area contributed by atoms with Crippen molar-refractivity contribution in [1.82, 2.24) is 26.2 Å². The van der Waals surface area contributed by atoms with Gasteiger partial charge in [-0.25, -0.2) is 4.79 Å². The van der Waals surface area contributed by atoms with E-state index in [0.29, 0.717) is 38.0 Å². The van der Waals surface area contributed by atoms with Crippen molar-refractivity contribution in [3.05, 3.63) is 12.7 Å². The van der Waals surface area contributed by atoms with Crippen LogP contribution < -0.4 is 21.3 Å². The predicted molar refractivity (Wildman–Crippen MR) is 208 cm³/mol. The van der Waals surface area contributed by atoms with Gasteiger partial charge < -0.3 is 26.2 Å². The minimum absolute atomic E-state index is 0.141. The van der Waals surface area contributed by atoms with Crippen LogP contribution in [0.5, 0.6) is 0 Å². The van der Waals surface area contributed by atoms with E-state index in [0.717, 1.165) is 12.8 Å². The Morgan fingerprint density at radius 1 is 0.843 bits per heavy atom. The third-order valence-electron chi connectivity index (χ3n) is 9.37. The van der Waals surface area contributed by atoms with E-state index in [9.17, 15) is 28.2 Å². The molecule has 0 bridgehead atoms. The van der Waals surface area contributed by atoms with Crippen LogP contribution in [0.1, 0.15) is 146 Å². The van der Waals surface area contributed by atoms with Crippen molar-refractivity contribution in [2.45, 2.75) is 175 Å². The Morgan fingerprint density at radius 2 is 1.41 bits per heavy atom. The third kappa shape index (κ3) is 17.5. The third-order valence-corrected chi connectivity index (χ3v) is 11.4. The van der Waals surface area contributed by atoms with Gasteiger partial charge in [0.15, 0.2) is 0 Å². The fourth-order valence-corrected chi connectivity index (χ4v) is 6.83. The fraction of sp³-hybridized carbons (Fsp3) is 0.821. The lowest BCUT2D eigenvalue weighted by Crippen LogP contribution is -2.60. The number of hydrogen-bond acceptors (Lipinski definition) is 6. The van der Waals surface area contributed by atoms with E-state index in [2.05, 4.69) is 41.7 Å². The smallest absolute Gasteiger partial charge is 0.315 e. The van der Waals surface area contributed by atoms with E-state index < -0.39 is 68.6 Å². The van der Waals surface area contributed by atoms with E-state index in [1.165, 1.54) is 55.9 Å². The number of nitrogens with zero attached hydrogens (tertiary/aromatic N) is 1. The Labute approximate surface area is 311 Å². The largest absolute Gasteiger partial charge is 0.346 e. The average Bonchev–Trinajstić information content (AvgIpc) is 3.46. The van der Waals surface area contributed by atoms with Crippen LogP contribution >= 0.6 is 0 Å². The first-order valence-corrected chi connectivity index (χ1v) is 20.7. The average molecular weight is 738 g/mol. The molecule has 4 N–H and O–H groups in total. The van der Waals surface area contributed by atoms with Crippen LogP contribution in [0.2, 0.25) is 0 Å². The van der Waals surface area contributed by atoms with Gasteiger partial charge in [-0.05, 0) is 57.8 Å². The van der Waals surface area contributed by atoms with Crippen LogP contribution in [0.3, 0.4) is 0 Å². The number of carbonyl (C=O) groups is 5. The van der Waals surface area contributed by atoms with Crippen LogP contribution in [-0.4, -0.2) is 86.4 Å². The molecule has 1 aliphatic heterocycles. The molecule has 0 spiro atoms. The van der Waals surface area contributed by atoms with Crippen molar-refractivity contribution in [3.63, 3.8) is 0 Å². The van der Waals surface area contributed by atoms with E-state index in [1.807, 2.05) is 48.5 Å². The molecular formula is C39H71N5O6S. The second-order valence-electron chi connectivity index (χ2n) is 16.2. The Balaban J connectivity index is 0.00000126. The lowest BCUT2D eigenvalue weighted by Gasteiger charge is -2.36. The van der Waals surface area contributed by atoms with Crippen LogP contribution in [0.15, 0.2) is 12.7 Å². The summed E-state index contributed by atoms with van der Waals surface area (Å²) in [6.45, 7) is 21.4. The quantitative estimate of drug-likeness (QED) is 0.121. The Bertz CT molecular complexity index is 1150. The molecule has 3 aliphatic rings. The molecule has 51 heavy (non-hydrogen) atoms. The molecule has 1 heterocycles. The Kier molecular flexibility index (Phi) is 20.9. The zero-order valence-electron chi connectivity index (χ0n) is 33.3. The standard InChI is InChI=1S/C30H51N5O6S.C5H10.C4H10/c1-9-15-31-26(38)23(36)21(17-19-13-14-19)33-25(37)22-12-11-16-35(22)27(39)24(29(3,4)5)34-28(40)32-20(10-2)18-42(41)30(6,7)8;1-2-4-5-3-1;1-3-4-2/h9,19-22,24H,1,10-18H2,2-8H3,(H,31,38)(H,33,37)(H2,32,34,40);1-5H2;3-4H2,1-2H3/t20?,21?,22-,24?,42?;;/m0../s1. The maximum Gasteiger partial charge on any atom is 0.315 e. The molecule has 294 valence electrons. The summed E-state index contributed by atoms with van der Waals surface area (Å²) >= 11 is 0. The molecule has 5 atom stereocenters. The van der Waals surface area contributed by atoms with Gasteiger partial charge in [0.25, 0.3) is 5.91 Å². The van der Waals surface area contributed by atoms with Gasteiger partial charge in [0.2, 0.25) is 17.6 Å². The summed E-state index contributed by atoms with van der Waals surface area (Å²) in [6, 6.07) is -3.61. The van der Waals surface area contributed by atoms with Crippen molar-refractivity contribution in [2.24, 2.45) is 11.3 Å². The Hall–Kier alpha value is -2.76. The van der Waals surface area contributed by atoms with Crippen molar-refractivity contribution in [2.75, 3.05) is 18.8 Å². The molecule has 2 aliphatic carbocycles. The van der Waals surface area contributed by atoms with E-state index in [1.54, 1.807) is 0 Å². The zero-order valence-corrected chi connectivity index (χ0v) is 34.1. The molecule has 3 rings (SSSR count). The number of ketones is 1. The monoisotopic (exact) mass is 738 g/mol. The summed E-state index contributed by atoms with van der Waals surface area (Å²) in [7, 11) is -1.16. The van der Waals surface area contributed by atoms with Gasteiger partial charge in [0, 0.05) is 40.4 Å². The highest BCUT2D eigenvalue weighted by molar-refractivity contribution is 7.86. The number of unbranched alkanes of at least 4 members (excludes halogenated alkanes) is 1. The lowest BCUT2D eigenvalue weighted by atomic mass is 9.85. The first-order valence-electron chi connectivity index (χ1n) is 19.4. The molecule has 5 amide bonds. The van der Waals surface area contributed by atoms with Gasteiger partial charge in [-0.15, -0.1) is 6.58 Å². The van der Waals surface area contributed by atoms with Crippen molar-refractivity contribution in [3.8, 4) is 0 Å². The summed E-state index contributed by atoms with van der Waals surface area (Å²) in [5.74, 6) is -1.80. The van der Waals surface area contributed by atoms with Crippen molar-refractivity contribution in [1.29, 1.82) is 0 Å². The summed E-state index contributed by atoms with van der Waals surface area (Å²) in [5.41, 5.74) is -0.679. The van der Waals surface area contributed by atoms with Crippen LogP contribution in [0.25, 0.3) is 0 Å². The number of hydrogen-bond donors (Lipinski definition) is 4. The van der Waals surface area contributed by atoms with Crippen LogP contribution in [-0.2, 0) is 30.0 Å². The maximum atomic E-state index is 13.9. The summed E-state index contributed by atoms with van der Waals surface area (Å²) in [5, 5.41) is 10.9. The predicted octanol–water partition coefficient (Wildman–Crippen LogP) is 5.93. The fourth-order valence-electron chi connectivity index (χ4n) is 5.65. The molecule has 1 saturated heterocycles. The van der Waals surface area contributed by atoms with E-state index in [4.69, 9.17) is 0 Å². The highest BCUT2D eigenvalue weighted by Crippen LogP contribution is 2.34. The normalized spacial score (nSPS) is 19.5. The van der Waals surface area contributed by atoms with Gasteiger partial charge >= 0.3 is 6.03 Å². The van der Waals surface area contributed by atoms with Gasteiger partial charge in [-0.3, -0.25) is 23.4 Å². The second-order valence-corrected chi connectivity index (χ2v) is 18.5. The van der Waals surface area contributed by atoms with Gasteiger partial charge in [0.05, 0.1) is 6.04 Å². The van der Waals surface area contributed by atoms with Gasteiger partial charge in [-0.1, -0.05) is 105 Å². The maximum absolute atomic E-state index is 13.9. The number of amides is 5. The number of nitrogens with one attached hydrogen (secondary N) is 4. The number of carbonyl (C=O) groups excluding carboxylic acids is 5. The molecule has 2 saturated carbocycles. The second kappa shape index (κ2) is 23.0. The Morgan fingerprint density at radius 3 is 1.86 bits per heavy atom. The topological polar surface area (TPSA) is 154 Å². The molecule has 4 unspecified atom stereocenters. The summed E-state index contributed by atoms with van der Waals surface area (Å²) < 4.78 is 12.2. The van der Waals surface area contributed by atoms with E-state index in [-0.39, 0.29) is 18.5 Å². The molecule has 3 fully saturated rings. The summed E-state index contributed by atoms with van der Waals surface area (Å²) in [4.78, 5) is 67.0. The first-order chi connectivity index (χ1) is 23.9. The van der Waals surface area contributed by atoms with Gasteiger partial charge in [0.1, 0.15) is 12.1 Å². The number of rotatable bonds is 15. The molecule has 11 nitrogen and oxygen atoms in total. The molecule has 0 aromatic rings. The first kappa shape index (κ1) is 46.3. The molecule has 0 radical (unpaired) electrons.